The topological polar surface area (TPSA) is 65.2 Å². The van der Waals surface area contributed by atoms with E-state index in [1.54, 1.807) is 6.07 Å². The van der Waals surface area contributed by atoms with Gasteiger partial charge >= 0.3 is 0 Å². The first-order valence-electron chi connectivity index (χ1n) is 7.87. The predicted molar refractivity (Wildman–Crippen MR) is 87.2 cm³/mol. The molecular formula is C17H21N3O2. The quantitative estimate of drug-likeness (QED) is 0.827. The molecule has 1 amide bonds. The lowest BCUT2D eigenvalue weighted by Gasteiger charge is -2.14. The van der Waals surface area contributed by atoms with Gasteiger partial charge in [-0.2, -0.15) is 0 Å². The summed E-state index contributed by atoms with van der Waals surface area (Å²) in [5.74, 6) is -0.177. The fourth-order valence-electron chi connectivity index (χ4n) is 3.00. The van der Waals surface area contributed by atoms with Gasteiger partial charge in [0, 0.05) is 23.5 Å². The van der Waals surface area contributed by atoms with Crippen molar-refractivity contribution in [3.05, 3.63) is 46.2 Å². The van der Waals surface area contributed by atoms with Crippen molar-refractivity contribution in [2.75, 3.05) is 26.2 Å². The van der Waals surface area contributed by atoms with Gasteiger partial charge in [0.15, 0.2) is 0 Å². The summed E-state index contributed by atoms with van der Waals surface area (Å²) in [6.45, 7) is 4.01. The largest absolute Gasteiger partial charge is 0.352 e. The number of nitrogens with zero attached hydrogens (tertiary/aromatic N) is 1. The Morgan fingerprint density at radius 2 is 2.00 bits per heavy atom. The minimum absolute atomic E-state index is 0.177. The second-order valence-electron chi connectivity index (χ2n) is 5.75. The van der Waals surface area contributed by atoms with E-state index in [9.17, 15) is 9.59 Å². The molecule has 1 aromatic heterocycles. The fraction of sp³-hybridized carbons (Fsp3) is 0.412. The molecule has 5 heteroatoms. The van der Waals surface area contributed by atoms with Gasteiger partial charge in [-0.25, -0.2) is 0 Å². The van der Waals surface area contributed by atoms with Gasteiger partial charge in [0.2, 0.25) is 5.56 Å². The summed E-state index contributed by atoms with van der Waals surface area (Å²) in [4.78, 5) is 29.2. The first-order chi connectivity index (χ1) is 10.7. The van der Waals surface area contributed by atoms with Gasteiger partial charge in [-0.15, -0.1) is 0 Å². The van der Waals surface area contributed by atoms with Gasteiger partial charge in [-0.1, -0.05) is 18.2 Å². The van der Waals surface area contributed by atoms with Crippen LogP contribution < -0.4 is 10.9 Å². The third-order valence-corrected chi connectivity index (χ3v) is 4.13. The average Bonchev–Trinajstić information content (AvgIpc) is 3.04. The van der Waals surface area contributed by atoms with Gasteiger partial charge in [-0.3, -0.25) is 9.59 Å². The summed E-state index contributed by atoms with van der Waals surface area (Å²) in [5, 5.41) is 3.70. The summed E-state index contributed by atoms with van der Waals surface area (Å²) in [5.41, 5.74) is 0.888. The first kappa shape index (κ1) is 14.8. The first-order valence-corrected chi connectivity index (χ1v) is 7.87. The van der Waals surface area contributed by atoms with Crippen molar-refractivity contribution in [3.8, 4) is 0 Å². The number of hydrogen-bond donors (Lipinski definition) is 2. The Kier molecular flexibility index (Phi) is 4.53. The highest BCUT2D eigenvalue weighted by molar-refractivity contribution is 6.05. The molecule has 2 heterocycles. The molecule has 3 rings (SSSR count). The van der Waals surface area contributed by atoms with Crippen LogP contribution in [0, 0.1) is 0 Å². The van der Waals surface area contributed by atoms with Crippen molar-refractivity contribution in [2.24, 2.45) is 0 Å². The van der Waals surface area contributed by atoms with Crippen molar-refractivity contribution < 1.29 is 4.79 Å². The Morgan fingerprint density at radius 3 is 2.82 bits per heavy atom. The number of aromatic nitrogens is 1. The minimum atomic E-state index is -0.249. The molecule has 0 spiro atoms. The molecule has 2 aromatic rings. The van der Waals surface area contributed by atoms with Gasteiger partial charge < -0.3 is 15.2 Å². The van der Waals surface area contributed by atoms with E-state index in [2.05, 4.69) is 15.2 Å². The lowest BCUT2D eigenvalue weighted by molar-refractivity contribution is 0.0953. The van der Waals surface area contributed by atoms with Crippen molar-refractivity contribution in [1.29, 1.82) is 0 Å². The van der Waals surface area contributed by atoms with Crippen LogP contribution in [0.15, 0.2) is 35.1 Å². The van der Waals surface area contributed by atoms with E-state index in [0.717, 1.165) is 18.4 Å². The smallest absolute Gasteiger partial charge is 0.252 e. The van der Waals surface area contributed by atoms with Crippen LogP contribution in [0.5, 0.6) is 0 Å². The Morgan fingerprint density at radius 1 is 1.23 bits per heavy atom. The maximum Gasteiger partial charge on any atom is 0.252 e. The number of rotatable bonds is 5. The zero-order valence-corrected chi connectivity index (χ0v) is 12.6. The molecule has 0 unspecified atom stereocenters. The molecule has 22 heavy (non-hydrogen) atoms. The Bertz CT molecular complexity index is 717. The normalized spacial score (nSPS) is 15.3. The van der Waals surface area contributed by atoms with Crippen molar-refractivity contribution in [1.82, 2.24) is 15.2 Å². The summed E-state index contributed by atoms with van der Waals surface area (Å²) < 4.78 is 0. The summed E-state index contributed by atoms with van der Waals surface area (Å²) in [6.07, 6.45) is 3.50. The molecule has 0 atom stereocenters. The van der Waals surface area contributed by atoms with Gasteiger partial charge in [0.25, 0.3) is 5.91 Å². The lowest BCUT2D eigenvalue weighted by Crippen LogP contribution is -2.29. The molecule has 0 saturated carbocycles. The molecule has 1 fully saturated rings. The van der Waals surface area contributed by atoms with Gasteiger partial charge in [0.1, 0.15) is 0 Å². The molecule has 0 bridgehead atoms. The number of amides is 1. The number of benzene rings is 1. The highest BCUT2D eigenvalue weighted by Crippen LogP contribution is 2.14. The van der Waals surface area contributed by atoms with Gasteiger partial charge in [-0.05, 0) is 45.0 Å². The Hall–Kier alpha value is -2.14. The van der Waals surface area contributed by atoms with E-state index in [0.29, 0.717) is 17.6 Å². The van der Waals surface area contributed by atoms with E-state index < -0.39 is 0 Å². The molecule has 1 aliphatic heterocycles. The number of carbonyl (C=O) groups is 1. The average molecular weight is 299 g/mol. The zero-order chi connectivity index (χ0) is 15.4. The third-order valence-electron chi connectivity index (χ3n) is 4.13. The second kappa shape index (κ2) is 6.75. The number of carbonyl (C=O) groups excluding carboxylic acids is 1. The van der Waals surface area contributed by atoms with Crippen molar-refractivity contribution in [2.45, 2.75) is 19.3 Å². The summed E-state index contributed by atoms with van der Waals surface area (Å²) in [7, 11) is 0. The third kappa shape index (κ3) is 3.36. The van der Waals surface area contributed by atoms with Crippen LogP contribution in [0.3, 0.4) is 0 Å². The van der Waals surface area contributed by atoms with Gasteiger partial charge in [0.05, 0.1) is 5.56 Å². The standard InChI is InChI=1S/C17H21N3O2/c21-16-12-14(13-6-1-2-7-15(13)19-16)17(22)18-8-5-11-20-9-3-4-10-20/h1-2,6-7,12H,3-5,8-11H2,(H,18,22)(H,19,21). The number of pyridine rings is 1. The Labute approximate surface area is 129 Å². The molecular weight excluding hydrogens is 278 g/mol. The van der Waals surface area contributed by atoms with Crippen LogP contribution in [-0.4, -0.2) is 42.0 Å². The molecule has 2 N–H and O–H groups in total. The molecule has 0 aliphatic carbocycles. The number of H-pyrrole nitrogens is 1. The van der Waals surface area contributed by atoms with E-state index >= 15 is 0 Å². The van der Waals surface area contributed by atoms with Crippen LogP contribution in [0.25, 0.3) is 10.9 Å². The highest BCUT2D eigenvalue weighted by Gasteiger charge is 2.13. The number of fused-ring (bicyclic) bond motifs is 1. The Balaban J connectivity index is 1.63. The van der Waals surface area contributed by atoms with Crippen molar-refractivity contribution in [3.63, 3.8) is 0 Å². The summed E-state index contributed by atoms with van der Waals surface area (Å²) >= 11 is 0. The second-order valence-corrected chi connectivity index (χ2v) is 5.75. The molecule has 1 aliphatic rings. The van der Waals surface area contributed by atoms with Crippen LogP contribution in [0.4, 0.5) is 0 Å². The zero-order valence-electron chi connectivity index (χ0n) is 12.6. The maximum absolute atomic E-state index is 12.3. The van der Waals surface area contributed by atoms with E-state index in [1.165, 1.54) is 32.0 Å². The number of aromatic amines is 1. The minimum Gasteiger partial charge on any atom is -0.352 e. The highest BCUT2D eigenvalue weighted by atomic mass is 16.2. The van der Waals surface area contributed by atoms with E-state index in [-0.39, 0.29) is 11.5 Å². The number of likely N-dealkylation sites (tertiary alicyclic amines) is 1. The van der Waals surface area contributed by atoms with Crippen LogP contribution in [0.2, 0.25) is 0 Å². The fourth-order valence-corrected chi connectivity index (χ4v) is 3.00. The van der Waals surface area contributed by atoms with Crippen LogP contribution in [0.1, 0.15) is 29.6 Å². The molecule has 1 aromatic carbocycles. The van der Waals surface area contributed by atoms with E-state index in [4.69, 9.17) is 0 Å². The van der Waals surface area contributed by atoms with Crippen molar-refractivity contribution >= 4 is 16.8 Å². The number of para-hydroxylation sites is 1. The summed E-state index contributed by atoms with van der Waals surface area (Å²) in [6, 6.07) is 8.74. The lowest BCUT2D eigenvalue weighted by atomic mass is 10.1. The predicted octanol–water partition coefficient (Wildman–Crippen LogP) is 1.74. The molecule has 116 valence electrons. The number of hydrogen-bond acceptors (Lipinski definition) is 3. The monoisotopic (exact) mass is 299 g/mol. The molecule has 5 nitrogen and oxygen atoms in total. The molecule has 0 radical (unpaired) electrons. The SMILES string of the molecule is O=C(NCCCN1CCCC1)c1cc(=O)[nH]c2ccccc12. The maximum atomic E-state index is 12.3. The van der Waals surface area contributed by atoms with Crippen LogP contribution >= 0.6 is 0 Å². The van der Waals surface area contributed by atoms with E-state index in [1.807, 2.05) is 18.2 Å². The molecule has 1 saturated heterocycles. The number of nitrogens with one attached hydrogen (secondary N) is 2. The van der Waals surface area contributed by atoms with Crippen LogP contribution in [-0.2, 0) is 0 Å².